The SMILES string of the molecule is C=CNCCCC1(C)CCC(C)(CCc2ccc3c4c(cccc24)N(CC2=C(C(=O)O)N4C(=O)[C@H]([C@@H](C)O)[C@H]4[C@H]2C)S3(=O)=O)CC1. The van der Waals surface area contributed by atoms with E-state index in [0.29, 0.717) is 22.1 Å². The number of aliphatic hydroxyl groups is 1. The van der Waals surface area contributed by atoms with Crippen molar-refractivity contribution >= 4 is 38.4 Å². The molecule has 0 spiro atoms. The number of hydrogen-bond donors (Lipinski definition) is 3. The van der Waals surface area contributed by atoms with Crippen molar-refractivity contribution in [2.45, 2.75) is 96.1 Å². The van der Waals surface area contributed by atoms with Crippen molar-refractivity contribution in [2.75, 3.05) is 17.4 Å². The van der Waals surface area contributed by atoms with Crippen LogP contribution in [0.3, 0.4) is 0 Å². The van der Waals surface area contributed by atoms with Crippen molar-refractivity contribution < 1.29 is 28.2 Å². The Hall–Kier alpha value is -3.37. The average molecular weight is 650 g/mol. The number of carboxylic acids is 1. The molecule has 6 rings (SSSR count). The van der Waals surface area contributed by atoms with Crippen LogP contribution in [0.15, 0.2) is 59.3 Å². The summed E-state index contributed by atoms with van der Waals surface area (Å²) in [6.45, 7) is 12.7. The number of carboxylic acid groups (broad SMARTS) is 1. The van der Waals surface area contributed by atoms with Gasteiger partial charge in [-0.05, 0) is 104 Å². The van der Waals surface area contributed by atoms with Crippen molar-refractivity contribution in [3.63, 3.8) is 0 Å². The third-order valence-corrected chi connectivity index (χ3v) is 13.4. The molecular formula is C36H47N3O6S. The molecule has 3 N–H and O–H groups in total. The van der Waals surface area contributed by atoms with Gasteiger partial charge in [0.15, 0.2) is 0 Å². The smallest absolute Gasteiger partial charge is 0.352 e. The van der Waals surface area contributed by atoms with Crippen LogP contribution in [0.5, 0.6) is 0 Å². The molecule has 4 atom stereocenters. The molecule has 1 aliphatic carbocycles. The maximum Gasteiger partial charge on any atom is 0.352 e. The molecule has 2 aromatic rings. The van der Waals surface area contributed by atoms with Gasteiger partial charge in [0, 0.05) is 17.8 Å². The van der Waals surface area contributed by atoms with Crippen molar-refractivity contribution in [3.05, 3.63) is 59.9 Å². The molecule has 0 unspecified atom stereocenters. The molecule has 3 aliphatic heterocycles. The number of fused-ring (bicyclic) bond motifs is 1. The first-order valence-corrected chi connectivity index (χ1v) is 18.1. The second kappa shape index (κ2) is 11.7. The van der Waals surface area contributed by atoms with Gasteiger partial charge in [0.2, 0.25) is 5.91 Å². The van der Waals surface area contributed by atoms with Crippen LogP contribution in [0.1, 0.15) is 78.2 Å². The summed E-state index contributed by atoms with van der Waals surface area (Å²) in [5.41, 5.74) is 2.49. The van der Waals surface area contributed by atoms with E-state index in [1.165, 1.54) is 48.2 Å². The van der Waals surface area contributed by atoms with Crippen LogP contribution in [0.4, 0.5) is 5.69 Å². The quantitative estimate of drug-likeness (QED) is 0.203. The Kier molecular flexibility index (Phi) is 8.29. The lowest BCUT2D eigenvalue weighted by Gasteiger charge is -2.46. The van der Waals surface area contributed by atoms with E-state index in [0.717, 1.165) is 36.8 Å². The zero-order valence-corrected chi connectivity index (χ0v) is 28.2. The largest absolute Gasteiger partial charge is 0.477 e. The highest BCUT2D eigenvalue weighted by atomic mass is 32.2. The van der Waals surface area contributed by atoms with Crippen LogP contribution in [0.2, 0.25) is 0 Å². The van der Waals surface area contributed by atoms with Gasteiger partial charge in [-0.1, -0.05) is 45.5 Å². The van der Waals surface area contributed by atoms with E-state index >= 15 is 0 Å². The summed E-state index contributed by atoms with van der Waals surface area (Å²) in [5.74, 6) is -2.83. The fraction of sp³-hybridized carbons (Fsp3) is 0.556. The number of benzene rings is 2. The summed E-state index contributed by atoms with van der Waals surface area (Å²) in [4.78, 5) is 26.7. The predicted molar refractivity (Wildman–Crippen MR) is 179 cm³/mol. The molecule has 2 fully saturated rings. The van der Waals surface area contributed by atoms with Crippen molar-refractivity contribution in [1.82, 2.24) is 10.2 Å². The Balaban J connectivity index is 1.23. The fourth-order valence-corrected chi connectivity index (χ4v) is 10.3. The number of nitrogens with zero attached hydrogens (tertiary/aromatic N) is 2. The third kappa shape index (κ3) is 5.21. The number of anilines is 1. The molecule has 1 saturated carbocycles. The second-order valence-electron chi connectivity index (χ2n) is 14.8. The number of β-lactam (4-membered cyclic amide) rings is 1. The van der Waals surface area contributed by atoms with Crippen LogP contribution in [-0.2, 0) is 26.0 Å². The number of carbonyl (C=O) groups is 2. The van der Waals surface area contributed by atoms with E-state index in [4.69, 9.17) is 0 Å². The Morgan fingerprint density at radius 3 is 2.43 bits per heavy atom. The molecule has 9 nitrogen and oxygen atoms in total. The van der Waals surface area contributed by atoms with Crippen molar-refractivity contribution in [1.29, 1.82) is 0 Å². The number of carbonyl (C=O) groups excluding carboxylic acids is 1. The number of rotatable bonds is 12. The normalized spacial score (nSPS) is 30.4. The lowest BCUT2D eigenvalue weighted by Crippen LogP contribution is -2.63. The minimum absolute atomic E-state index is 0.163. The van der Waals surface area contributed by atoms with Gasteiger partial charge >= 0.3 is 5.97 Å². The van der Waals surface area contributed by atoms with Crippen molar-refractivity contribution in [2.24, 2.45) is 22.7 Å². The summed E-state index contributed by atoms with van der Waals surface area (Å²) in [6.07, 6.45) is 9.84. The van der Waals surface area contributed by atoms with E-state index in [1.807, 2.05) is 25.1 Å². The lowest BCUT2D eigenvalue weighted by molar-refractivity contribution is -0.163. The zero-order valence-electron chi connectivity index (χ0n) is 27.4. The van der Waals surface area contributed by atoms with E-state index in [2.05, 4.69) is 25.7 Å². The zero-order chi connectivity index (χ0) is 33.2. The maximum atomic E-state index is 14.0. The molecule has 2 aromatic carbocycles. The molecule has 0 aromatic heterocycles. The van der Waals surface area contributed by atoms with Crippen LogP contribution >= 0.6 is 0 Å². The number of hydrogen-bond acceptors (Lipinski definition) is 6. The first kappa shape index (κ1) is 32.6. The molecule has 1 amide bonds. The lowest BCUT2D eigenvalue weighted by atomic mass is 9.62. The Bertz CT molecular complexity index is 1720. The molecule has 248 valence electrons. The van der Waals surface area contributed by atoms with Crippen LogP contribution in [-0.4, -0.2) is 60.6 Å². The van der Waals surface area contributed by atoms with Crippen LogP contribution in [0.25, 0.3) is 10.8 Å². The Morgan fingerprint density at radius 1 is 1.13 bits per heavy atom. The standard InChI is InChI=1S/C36H47N3O6S/c1-6-37-20-8-14-35(4)16-18-36(5,19-17-35)15-13-24-11-12-28-30-25(24)9-7-10-27(30)38(46(28,44)45)21-26-22(2)31-29(23(3)40)33(41)39(31)32(26)34(42)43/h6-7,9-12,22-23,29,31,37,40H,1,8,13-21H2,2-5H3,(H,42,43)/t22-,23+,29+,31+,35?,36?/m0/s1. The van der Waals surface area contributed by atoms with E-state index in [1.54, 1.807) is 18.3 Å². The summed E-state index contributed by atoms with van der Waals surface area (Å²) in [6, 6.07) is 8.80. The summed E-state index contributed by atoms with van der Waals surface area (Å²) < 4.78 is 29.3. The number of amides is 1. The number of nitrogens with one attached hydrogen (secondary N) is 1. The Labute approximate surface area is 272 Å². The molecule has 0 radical (unpaired) electrons. The summed E-state index contributed by atoms with van der Waals surface area (Å²) in [7, 11) is -3.96. The number of aryl methyl sites for hydroxylation is 1. The van der Waals surface area contributed by atoms with Gasteiger partial charge in [0.1, 0.15) is 5.70 Å². The summed E-state index contributed by atoms with van der Waals surface area (Å²) >= 11 is 0. The van der Waals surface area contributed by atoms with Gasteiger partial charge in [0.05, 0.1) is 35.2 Å². The minimum Gasteiger partial charge on any atom is -0.477 e. The molecule has 10 heteroatoms. The van der Waals surface area contributed by atoms with E-state index < -0.39 is 45.9 Å². The highest BCUT2D eigenvalue weighted by molar-refractivity contribution is 7.93. The number of sulfonamides is 1. The van der Waals surface area contributed by atoms with E-state index in [9.17, 15) is 28.2 Å². The van der Waals surface area contributed by atoms with Gasteiger partial charge in [-0.15, -0.1) is 0 Å². The van der Waals surface area contributed by atoms with Gasteiger partial charge in [-0.25, -0.2) is 13.2 Å². The molecule has 4 aliphatic rings. The van der Waals surface area contributed by atoms with Gasteiger partial charge in [-0.2, -0.15) is 0 Å². The predicted octanol–water partition coefficient (Wildman–Crippen LogP) is 5.58. The van der Waals surface area contributed by atoms with Crippen LogP contribution in [0, 0.1) is 22.7 Å². The van der Waals surface area contributed by atoms with Gasteiger partial charge in [-0.3, -0.25) is 9.10 Å². The average Bonchev–Trinajstić information content (AvgIpc) is 3.38. The minimum atomic E-state index is -3.96. The van der Waals surface area contributed by atoms with E-state index in [-0.39, 0.29) is 22.6 Å². The van der Waals surface area contributed by atoms with Gasteiger partial charge < -0.3 is 20.4 Å². The van der Waals surface area contributed by atoms with Crippen LogP contribution < -0.4 is 9.62 Å². The first-order valence-electron chi connectivity index (χ1n) is 16.6. The number of aliphatic carboxylic acids is 1. The second-order valence-corrected chi connectivity index (χ2v) is 16.6. The van der Waals surface area contributed by atoms with Gasteiger partial charge in [0.25, 0.3) is 10.0 Å². The monoisotopic (exact) mass is 649 g/mol. The molecular weight excluding hydrogens is 602 g/mol. The highest BCUT2D eigenvalue weighted by Crippen LogP contribution is 2.52. The maximum absolute atomic E-state index is 14.0. The molecule has 0 bridgehead atoms. The first-order chi connectivity index (χ1) is 21.7. The Morgan fingerprint density at radius 2 is 1.80 bits per heavy atom. The highest BCUT2D eigenvalue weighted by Gasteiger charge is 2.60. The molecule has 1 saturated heterocycles. The topological polar surface area (TPSA) is 127 Å². The molecule has 3 heterocycles. The number of aliphatic hydroxyl groups excluding tert-OH is 1. The van der Waals surface area contributed by atoms with Crippen molar-refractivity contribution in [3.8, 4) is 0 Å². The third-order valence-electron chi connectivity index (χ3n) is 11.6. The molecule has 46 heavy (non-hydrogen) atoms. The fourth-order valence-electron chi connectivity index (χ4n) is 8.60. The summed E-state index contributed by atoms with van der Waals surface area (Å²) in [5, 5.41) is 25.1.